The topological polar surface area (TPSA) is 51.1 Å². The van der Waals surface area contributed by atoms with Crippen LogP contribution in [0.5, 0.6) is 6.01 Å². The minimum absolute atomic E-state index is 0.174. The fraction of sp³-hybridized carbons (Fsp3) is 0.750. The predicted octanol–water partition coefficient (Wildman–Crippen LogP) is 2.94. The van der Waals surface area contributed by atoms with Crippen molar-refractivity contribution in [1.82, 2.24) is 15.0 Å². The van der Waals surface area contributed by atoms with Gasteiger partial charge in [0.25, 0.3) is 0 Å². The second-order valence-corrected chi connectivity index (χ2v) is 4.66. The van der Waals surface area contributed by atoms with Gasteiger partial charge in [0, 0.05) is 12.6 Å². The second-order valence-electron chi connectivity index (χ2n) is 4.32. The van der Waals surface area contributed by atoms with Crippen LogP contribution in [0.4, 0.5) is 5.95 Å². The lowest BCUT2D eigenvalue weighted by Gasteiger charge is -2.26. The quantitative estimate of drug-likeness (QED) is 0.764. The number of hydrogen-bond acceptors (Lipinski definition) is 5. The molecule has 1 aromatic rings. The first-order chi connectivity index (χ1) is 8.58. The Bertz CT molecular complexity index is 373. The molecule has 0 bridgehead atoms. The van der Waals surface area contributed by atoms with Gasteiger partial charge in [0.05, 0.1) is 6.61 Å². The summed E-state index contributed by atoms with van der Waals surface area (Å²) in [5, 5.41) is 0.174. The van der Waals surface area contributed by atoms with Gasteiger partial charge >= 0.3 is 6.01 Å². The van der Waals surface area contributed by atoms with Crippen LogP contribution >= 0.6 is 11.6 Å². The van der Waals surface area contributed by atoms with E-state index < -0.39 is 0 Å². The third-order valence-corrected chi connectivity index (χ3v) is 2.52. The van der Waals surface area contributed by atoms with Crippen LogP contribution in [0.1, 0.15) is 40.5 Å². The van der Waals surface area contributed by atoms with E-state index in [0.29, 0.717) is 24.6 Å². The lowest BCUT2D eigenvalue weighted by Crippen LogP contribution is -2.33. The molecular weight excluding hydrogens is 252 g/mol. The normalized spacial score (nSPS) is 10.8. The van der Waals surface area contributed by atoms with Crippen LogP contribution < -0.4 is 9.64 Å². The highest BCUT2D eigenvalue weighted by atomic mass is 35.5. The van der Waals surface area contributed by atoms with Crippen LogP contribution in [-0.2, 0) is 0 Å². The first-order valence-electron chi connectivity index (χ1n) is 6.39. The third-order valence-electron chi connectivity index (χ3n) is 2.36. The molecule has 0 saturated carbocycles. The molecule has 0 amide bonds. The van der Waals surface area contributed by atoms with Crippen molar-refractivity contribution in [3.05, 3.63) is 5.28 Å². The van der Waals surface area contributed by atoms with Gasteiger partial charge in [-0.2, -0.15) is 15.0 Å². The van der Waals surface area contributed by atoms with E-state index in [4.69, 9.17) is 16.3 Å². The van der Waals surface area contributed by atoms with Crippen LogP contribution in [0.25, 0.3) is 0 Å². The number of ether oxygens (including phenoxy) is 1. The maximum Gasteiger partial charge on any atom is 0.322 e. The molecule has 0 N–H and O–H groups in total. The number of hydrogen-bond donors (Lipinski definition) is 0. The van der Waals surface area contributed by atoms with Crippen LogP contribution in [0.2, 0.25) is 5.28 Å². The Labute approximate surface area is 114 Å². The van der Waals surface area contributed by atoms with Gasteiger partial charge in [-0.15, -0.1) is 0 Å². The van der Waals surface area contributed by atoms with E-state index in [1.54, 1.807) is 0 Å². The Morgan fingerprint density at radius 3 is 2.44 bits per heavy atom. The third kappa shape index (κ3) is 4.29. The fourth-order valence-corrected chi connectivity index (χ4v) is 1.69. The molecule has 0 radical (unpaired) electrons. The molecule has 0 saturated heterocycles. The van der Waals surface area contributed by atoms with E-state index in [0.717, 1.165) is 19.4 Å². The Morgan fingerprint density at radius 1 is 1.17 bits per heavy atom. The lowest BCUT2D eigenvalue weighted by molar-refractivity contribution is 0.291. The zero-order valence-electron chi connectivity index (χ0n) is 11.5. The van der Waals surface area contributed by atoms with E-state index >= 15 is 0 Å². The lowest BCUT2D eigenvalue weighted by atomic mass is 10.3. The molecule has 1 aromatic heterocycles. The van der Waals surface area contributed by atoms with E-state index in [9.17, 15) is 0 Å². The summed E-state index contributed by atoms with van der Waals surface area (Å²) in [6, 6.07) is 0.607. The molecule has 1 rings (SSSR count). The number of halogens is 1. The SMILES string of the molecule is CCCOc1nc(Cl)nc(N(CCC)C(C)C)n1. The van der Waals surface area contributed by atoms with Gasteiger partial charge < -0.3 is 9.64 Å². The Hall–Kier alpha value is -1.10. The smallest absolute Gasteiger partial charge is 0.322 e. The summed E-state index contributed by atoms with van der Waals surface area (Å²) >= 11 is 5.91. The summed E-state index contributed by atoms with van der Waals surface area (Å²) in [4.78, 5) is 14.5. The number of aromatic nitrogens is 3. The monoisotopic (exact) mass is 272 g/mol. The first kappa shape index (κ1) is 15.0. The highest BCUT2D eigenvalue weighted by molar-refractivity contribution is 6.28. The molecule has 6 heteroatoms. The van der Waals surface area contributed by atoms with Gasteiger partial charge in [0.15, 0.2) is 0 Å². The van der Waals surface area contributed by atoms with Crippen molar-refractivity contribution in [2.45, 2.75) is 46.6 Å². The van der Waals surface area contributed by atoms with Crippen molar-refractivity contribution < 1.29 is 4.74 Å². The second kappa shape index (κ2) is 7.36. The zero-order chi connectivity index (χ0) is 13.5. The van der Waals surface area contributed by atoms with Crippen LogP contribution in [-0.4, -0.2) is 34.1 Å². The summed E-state index contributed by atoms with van der Waals surface area (Å²) in [5.74, 6) is 0.581. The van der Waals surface area contributed by atoms with Crippen molar-refractivity contribution in [2.24, 2.45) is 0 Å². The Morgan fingerprint density at radius 2 is 1.89 bits per heavy atom. The van der Waals surface area contributed by atoms with Crippen molar-refractivity contribution in [3.63, 3.8) is 0 Å². The van der Waals surface area contributed by atoms with Gasteiger partial charge in [0.1, 0.15) is 0 Å². The molecule has 0 aliphatic carbocycles. The van der Waals surface area contributed by atoms with E-state index in [-0.39, 0.29) is 5.28 Å². The molecule has 102 valence electrons. The molecule has 0 aliphatic heterocycles. The summed E-state index contributed by atoms with van der Waals surface area (Å²) in [6.07, 6.45) is 1.92. The molecule has 0 atom stereocenters. The number of rotatable bonds is 7. The average molecular weight is 273 g/mol. The summed E-state index contributed by atoms with van der Waals surface area (Å²) in [6.45, 7) is 9.80. The standard InChI is InChI=1S/C12H21ClN4O/c1-5-7-17(9(3)4)11-14-10(13)15-12(16-11)18-8-6-2/h9H,5-8H2,1-4H3. The van der Waals surface area contributed by atoms with E-state index in [2.05, 4.69) is 40.6 Å². The molecule has 0 unspecified atom stereocenters. The van der Waals surface area contributed by atoms with Crippen molar-refractivity contribution >= 4 is 17.5 Å². The van der Waals surface area contributed by atoms with Gasteiger partial charge in [-0.05, 0) is 38.3 Å². The van der Waals surface area contributed by atoms with E-state index in [1.807, 2.05) is 6.92 Å². The van der Waals surface area contributed by atoms with Crippen LogP contribution in [0, 0.1) is 0 Å². The highest BCUT2D eigenvalue weighted by Crippen LogP contribution is 2.17. The van der Waals surface area contributed by atoms with E-state index in [1.165, 1.54) is 0 Å². The molecule has 1 heterocycles. The minimum Gasteiger partial charge on any atom is -0.463 e. The summed E-state index contributed by atoms with van der Waals surface area (Å²) in [5.41, 5.74) is 0. The molecule has 5 nitrogen and oxygen atoms in total. The van der Waals surface area contributed by atoms with Crippen molar-refractivity contribution in [1.29, 1.82) is 0 Å². The maximum absolute atomic E-state index is 5.91. The van der Waals surface area contributed by atoms with Gasteiger partial charge in [-0.3, -0.25) is 0 Å². The number of nitrogens with zero attached hydrogens (tertiary/aromatic N) is 4. The number of anilines is 1. The maximum atomic E-state index is 5.91. The van der Waals surface area contributed by atoms with Crippen molar-refractivity contribution in [2.75, 3.05) is 18.1 Å². The predicted molar refractivity (Wildman–Crippen MR) is 73.4 cm³/mol. The van der Waals surface area contributed by atoms with Gasteiger partial charge in [-0.25, -0.2) is 0 Å². The summed E-state index contributed by atoms with van der Waals surface area (Å²) < 4.78 is 5.41. The summed E-state index contributed by atoms with van der Waals surface area (Å²) in [7, 11) is 0. The first-order valence-corrected chi connectivity index (χ1v) is 6.77. The molecule has 0 aromatic carbocycles. The van der Waals surface area contributed by atoms with Crippen molar-refractivity contribution in [3.8, 4) is 6.01 Å². The Balaban J connectivity index is 2.95. The highest BCUT2D eigenvalue weighted by Gasteiger charge is 2.15. The molecular formula is C12H21ClN4O. The molecule has 0 fully saturated rings. The zero-order valence-corrected chi connectivity index (χ0v) is 12.2. The molecule has 0 aliphatic rings. The van der Waals surface area contributed by atoms with Gasteiger partial charge in [-0.1, -0.05) is 13.8 Å². The molecule has 0 spiro atoms. The van der Waals surface area contributed by atoms with Crippen LogP contribution in [0.15, 0.2) is 0 Å². The van der Waals surface area contributed by atoms with Crippen LogP contribution in [0.3, 0.4) is 0 Å². The molecule has 18 heavy (non-hydrogen) atoms. The largest absolute Gasteiger partial charge is 0.463 e. The Kier molecular flexibility index (Phi) is 6.12. The average Bonchev–Trinajstić information content (AvgIpc) is 2.32. The minimum atomic E-state index is 0.174. The van der Waals surface area contributed by atoms with Gasteiger partial charge in [0.2, 0.25) is 11.2 Å². The fourth-order valence-electron chi connectivity index (χ4n) is 1.54.